The first-order chi connectivity index (χ1) is 7.86. The highest BCUT2D eigenvalue weighted by atomic mass is 32.2. The summed E-state index contributed by atoms with van der Waals surface area (Å²) in [5, 5.41) is 2.53. The summed E-state index contributed by atoms with van der Waals surface area (Å²) in [6.45, 7) is 7.08. The van der Waals surface area contributed by atoms with Crippen LogP contribution in [-0.2, 0) is 16.4 Å². The second-order valence-corrected chi connectivity index (χ2v) is 6.46. The molecule has 0 aliphatic rings. The highest BCUT2D eigenvalue weighted by Crippen LogP contribution is 2.17. The minimum absolute atomic E-state index is 0.366. The number of hydrogen-bond acceptors (Lipinski definition) is 5. The Morgan fingerprint density at radius 2 is 2.12 bits per heavy atom. The zero-order valence-corrected chi connectivity index (χ0v) is 11.5. The highest BCUT2D eigenvalue weighted by Gasteiger charge is 2.20. The van der Waals surface area contributed by atoms with Gasteiger partial charge in [0.1, 0.15) is 11.1 Å². The first-order valence-corrected chi connectivity index (χ1v) is 7.53. The van der Waals surface area contributed by atoms with Gasteiger partial charge in [-0.15, -0.1) is 0 Å². The molecule has 0 saturated carbocycles. The van der Waals surface area contributed by atoms with Gasteiger partial charge in [0, 0.05) is 30.3 Å². The van der Waals surface area contributed by atoms with Crippen molar-refractivity contribution in [3.8, 4) is 0 Å². The Kier molecular flexibility index (Phi) is 4.59. The lowest BCUT2D eigenvalue weighted by Gasteiger charge is -2.11. The molecule has 0 amide bonds. The van der Waals surface area contributed by atoms with Gasteiger partial charge < -0.3 is 5.32 Å². The van der Waals surface area contributed by atoms with Gasteiger partial charge in [0.2, 0.25) is 0 Å². The second kappa shape index (κ2) is 5.55. The van der Waals surface area contributed by atoms with Crippen molar-refractivity contribution in [1.82, 2.24) is 15.3 Å². The van der Waals surface area contributed by atoms with Gasteiger partial charge in [-0.1, -0.05) is 6.92 Å². The normalized spacial score (nSPS) is 13.6. The second-order valence-electron chi connectivity index (χ2n) is 4.09. The fraction of sp³-hybridized carbons (Fsp3) is 0.636. The van der Waals surface area contributed by atoms with Crippen LogP contribution in [0.1, 0.15) is 36.2 Å². The molecule has 1 atom stereocenters. The molecule has 0 fully saturated rings. The van der Waals surface area contributed by atoms with Crippen LogP contribution in [0.25, 0.3) is 0 Å². The minimum Gasteiger partial charge on any atom is -0.313 e. The van der Waals surface area contributed by atoms with Crippen LogP contribution in [0, 0.1) is 6.92 Å². The van der Waals surface area contributed by atoms with Crippen molar-refractivity contribution >= 4 is 9.84 Å². The van der Waals surface area contributed by atoms with Crippen LogP contribution in [0.4, 0.5) is 0 Å². The molecule has 1 N–H and O–H groups in total. The lowest BCUT2D eigenvalue weighted by atomic mass is 10.2. The van der Waals surface area contributed by atoms with Crippen molar-refractivity contribution < 1.29 is 8.42 Å². The van der Waals surface area contributed by atoms with E-state index in [0.29, 0.717) is 12.4 Å². The summed E-state index contributed by atoms with van der Waals surface area (Å²) >= 11 is 0. The van der Waals surface area contributed by atoms with Gasteiger partial charge in [-0.2, -0.15) is 0 Å². The number of rotatable bonds is 5. The SMILES string of the molecule is CCNCc1cnc(C(C)S(C)(=O)=O)nc1C. The summed E-state index contributed by atoms with van der Waals surface area (Å²) in [7, 11) is -3.14. The smallest absolute Gasteiger partial charge is 0.157 e. The minimum atomic E-state index is -3.14. The molecular weight excluding hydrogens is 238 g/mol. The maximum Gasteiger partial charge on any atom is 0.157 e. The van der Waals surface area contributed by atoms with E-state index in [-0.39, 0.29) is 0 Å². The van der Waals surface area contributed by atoms with Crippen molar-refractivity contribution in [3.05, 3.63) is 23.3 Å². The number of aryl methyl sites for hydroxylation is 1. The Bertz CT molecular complexity index is 485. The maximum absolute atomic E-state index is 11.4. The molecule has 17 heavy (non-hydrogen) atoms. The number of hydrogen-bond donors (Lipinski definition) is 1. The van der Waals surface area contributed by atoms with E-state index in [2.05, 4.69) is 15.3 Å². The number of nitrogens with zero attached hydrogens (tertiary/aromatic N) is 2. The van der Waals surface area contributed by atoms with Gasteiger partial charge in [0.25, 0.3) is 0 Å². The molecular formula is C11H19N3O2S. The monoisotopic (exact) mass is 257 g/mol. The predicted octanol–water partition coefficient (Wildman–Crippen LogP) is 1.00. The molecule has 0 aliphatic carbocycles. The molecule has 0 bridgehead atoms. The van der Waals surface area contributed by atoms with E-state index in [1.807, 2.05) is 13.8 Å². The standard InChI is InChI=1S/C11H19N3O2S/c1-5-12-6-10-7-13-11(14-8(10)2)9(3)17(4,15)16/h7,9,12H,5-6H2,1-4H3. The summed E-state index contributed by atoms with van der Waals surface area (Å²) in [6.07, 6.45) is 2.89. The van der Waals surface area contributed by atoms with Crippen LogP contribution in [0.2, 0.25) is 0 Å². The molecule has 96 valence electrons. The number of nitrogens with one attached hydrogen (secondary N) is 1. The molecule has 0 saturated heterocycles. The first kappa shape index (κ1) is 14.1. The third kappa shape index (κ3) is 3.74. The summed E-state index contributed by atoms with van der Waals surface area (Å²) in [6, 6.07) is 0. The maximum atomic E-state index is 11.4. The van der Waals surface area contributed by atoms with Gasteiger partial charge in [0.15, 0.2) is 9.84 Å². The molecule has 1 aromatic heterocycles. The van der Waals surface area contributed by atoms with E-state index < -0.39 is 15.1 Å². The Hall–Kier alpha value is -1.01. The summed E-state index contributed by atoms with van der Waals surface area (Å²) in [5.41, 5.74) is 1.82. The van der Waals surface area contributed by atoms with E-state index in [1.54, 1.807) is 13.1 Å². The summed E-state index contributed by atoms with van der Waals surface area (Å²) < 4.78 is 22.8. The lowest BCUT2D eigenvalue weighted by Crippen LogP contribution is -2.16. The number of aromatic nitrogens is 2. The molecule has 6 heteroatoms. The lowest BCUT2D eigenvalue weighted by molar-refractivity contribution is 0.588. The Balaban J connectivity index is 2.96. The molecule has 0 spiro atoms. The molecule has 1 rings (SSSR count). The molecule has 1 unspecified atom stereocenters. The van der Waals surface area contributed by atoms with E-state index >= 15 is 0 Å². The van der Waals surface area contributed by atoms with Crippen LogP contribution in [-0.4, -0.2) is 31.2 Å². The molecule has 0 aromatic carbocycles. The van der Waals surface area contributed by atoms with Crippen molar-refractivity contribution in [3.63, 3.8) is 0 Å². The van der Waals surface area contributed by atoms with E-state index in [0.717, 1.165) is 17.8 Å². The van der Waals surface area contributed by atoms with Gasteiger partial charge in [-0.05, 0) is 20.4 Å². The van der Waals surface area contributed by atoms with E-state index in [4.69, 9.17) is 0 Å². The highest BCUT2D eigenvalue weighted by molar-refractivity contribution is 7.90. The predicted molar refractivity (Wildman–Crippen MR) is 67.4 cm³/mol. The van der Waals surface area contributed by atoms with Gasteiger partial charge in [-0.3, -0.25) is 0 Å². The molecule has 1 heterocycles. The van der Waals surface area contributed by atoms with Gasteiger partial charge in [-0.25, -0.2) is 18.4 Å². The molecule has 1 aromatic rings. The third-order valence-electron chi connectivity index (χ3n) is 2.67. The van der Waals surface area contributed by atoms with Crippen molar-refractivity contribution in [2.24, 2.45) is 0 Å². The van der Waals surface area contributed by atoms with Crippen LogP contribution in [0.15, 0.2) is 6.20 Å². The Morgan fingerprint density at radius 1 is 1.47 bits per heavy atom. The third-order valence-corrected chi connectivity index (χ3v) is 4.17. The fourth-order valence-electron chi connectivity index (χ4n) is 1.33. The first-order valence-electron chi connectivity index (χ1n) is 5.58. The van der Waals surface area contributed by atoms with Gasteiger partial charge in [0.05, 0.1) is 0 Å². The van der Waals surface area contributed by atoms with Crippen molar-refractivity contribution in [2.75, 3.05) is 12.8 Å². The van der Waals surface area contributed by atoms with Gasteiger partial charge >= 0.3 is 0 Å². The summed E-state index contributed by atoms with van der Waals surface area (Å²) in [5.74, 6) is 0.366. The Morgan fingerprint density at radius 3 is 2.59 bits per heavy atom. The van der Waals surface area contributed by atoms with Crippen LogP contribution < -0.4 is 5.32 Å². The number of sulfone groups is 1. The van der Waals surface area contributed by atoms with Crippen LogP contribution in [0.3, 0.4) is 0 Å². The Labute approximate surface area is 103 Å². The topological polar surface area (TPSA) is 72.0 Å². The molecule has 5 nitrogen and oxygen atoms in total. The fourth-order valence-corrected chi connectivity index (χ4v) is 1.83. The van der Waals surface area contributed by atoms with E-state index in [1.165, 1.54) is 6.26 Å². The van der Waals surface area contributed by atoms with Crippen LogP contribution >= 0.6 is 0 Å². The average Bonchev–Trinajstić information content (AvgIpc) is 2.25. The summed E-state index contributed by atoms with van der Waals surface area (Å²) in [4.78, 5) is 8.39. The zero-order chi connectivity index (χ0) is 13.1. The van der Waals surface area contributed by atoms with E-state index in [9.17, 15) is 8.42 Å². The zero-order valence-electron chi connectivity index (χ0n) is 10.7. The van der Waals surface area contributed by atoms with Crippen molar-refractivity contribution in [2.45, 2.75) is 32.6 Å². The molecule has 0 radical (unpaired) electrons. The quantitative estimate of drug-likeness (QED) is 0.852. The largest absolute Gasteiger partial charge is 0.313 e. The van der Waals surface area contributed by atoms with Crippen molar-refractivity contribution in [1.29, 1.82) is 0 Å². The molecule has 0 aliphatic heterocycles. The average molecular weight is 257 g/mol. The van der Waals surface area contributed by atoms with Crippen LogP contribution in [0.5, 0.6) is 0 Å².